The van der Waals surface area contributed by atoms with Crippen molar-refractivity contribution in [1.82, 2.24) is 30.0 Å². The van der Waals surface area contributed by atoms with Gasteiger partial charge in [0.2, 0.25) is 0 Å². The summed E-state index contributed by atoms with van der Waals surface area (Å²) in [5.41, 5.74) is 1.10. The van der Waals surface area contributed by atoms with Crippen molar-refractivity contribution in [3.8, 4) is 0 Å². The molecular formula is C18H19FN6O. The number of benzene rings is 1. The van der Waals surface area contributed by atoms with E-state index in [9.17, 15) is 9.18 Å². The molecule has 0 spiro atoms. The van der Waals surface area contributed by atoms with E-state index in [1.807, 2.05) is 0 Å². The van der Waals surface area contributed by atoms with Gasteiger partial charge in [0.25, 0.3) is 5.91 Å². The van der Waals surface area contributed by atoms with E-state index in [2.05, 4.69) is 25.1 Å². The average Bonchev–Trinajstić information content (AvgIpc) is 3.38. The van der Waals surface area contributed by atoms with E-state index in [0.717, 1.165) is 36.4 Å². The largest absolute Gasteiger partial charge is 0.350 e. The maximum atomic E-state index is 13.4. The van der Waals surface area contributed by atoms with Crippen molar-refractivity contribution in [1.29, 1.82) is 0 Å². The number of aromatic nitrogens is 4. The fraction of sp³-hybridized carbons (Fsp3) is 0.389. The zero-order valence-electron chi connectivity index (χ0n) is 14.2. The Labute approximate surface area is 149 Å². The van der Waals surface area contributed by atoms with Crippen molar-refractivity contribution in [3.05, 3.63) is 47.4 Å². The van der Waals surface area contributed by atoms with Gasteiger partial charge in [0.15, 0.2) is 5.82 Å². The number of hydrogen-bond acceptors (Lipinski definition) is 4. The number of halogens is 1. The molecule has 3 aromatic rings. The highest BCUT2D eigenvalue weighted by molar-refractivity contribution is 5.98. The molecule has 1 amide bonds. The normalized spacial score (nSPS) is 19.9. The molecule has 4 heterocycles. The fourth-order valence-electron chi connectivity index (χ4n) is 3.90. The van der Waals surface area contributed by atoms with Crippen LogP contribution in [-0.4, -0.2) is 43.6 Å². The first-order valence-corrected chi connectivity index (χ1v) is 8.92. The molecule has 1 atom stereocenters. The summed E-state index contributed by atoms with van der Waals surface area (Å²) in [7, 11) is 0. The van der Waals surface area contributed by atoms with E-state index in [4.69, 9.17) is 0 Å². The highest BCUT2D eigenvalue weighted by Crippen LogP contribution is 2.25. The third kappa shape index (κ3) is 2.48. The van der Waals surface area contributed by atoms with Gasteiger partial charge in [-0.05, 0) is 43.7 Å². The Morgan fingerprint density at radius 2 is 2.15 bits per heavy atom. The smallest absolute Gasteiger partial charge is 0.270 e. The summed E-state index contributed by atoms with van der Waals surface area (Å²) in [5.74, 6) is 1.37. The minimum Gasteiger partial charge on any atom is -0.350 e. The van der Waals surface area contributed by atoms with Gasteiger partial charge in [0.05, 0.1) is 12.6 Å². The summed E-state index contributed by atoms with van der Waals surface area (Å²) in [6, 6.07) is 6.50. The number of nitrogens with one attached hydrogen (secondary N) is 2. The third-order valence-electron chi connectivity index (χ3n) is 5.26. The molecule has 0 bridgehead atoms. The van der Waals surface area contributed by atoms with E-state index < -0.39 is 0 Å². The Morgan fingerprint density at radius 3 is 3.00 bits per heavy atom. The molecule has 8 heteroatoms. The molecule has 1 aromatic carbocycles. The minimum atomic E-state index is -0.322. The quantitative estimate of drug-likeness (QED) is 0.738. The molecule has 0 aliphatic carbocycles. The molecule has 5 rings (SSSR count). The first-order valence-electron chi connectivity index (χ1n) is 8.92. The van der Waals surface area contributed by atoms with Crippen LogP contribution in [0.15, 0.2) is 24.3 Å². The van der Waals surface area contributed by atoms with Crippen molar-refractivity contribution in [3.63, 3.8) is 0 Å². The lowest BCUT2D eigenvalue weighted by Gasteiger charge is -2.28. The molecule has 0 unspecified atom stereocenters. The lowest BCUT2D eigenvalue weighted by Crippen LogP contribution is -2.39. The molecule has 1 saturated heterocycles. The number of rotatable bonds is 2. The molecule has 2 aliphatic rings. The van der Waals surface area contributed by atoms with Crippen molar-refractivity contribution >= 4 is 16.8 Å². The van der Waals surface area contributed by atoms with Crippen LogP contribution in [-0.2, 0) is 13.1 Å². The minimum absolute atomic E-state index is 0.101. The van der Waals surface area contributed by atoms with Gasteiger partial charge in [0.1, 0.15) is 17.3 Å². The van der Waals surface area contributed by atoms with Crippen molar-refractivity contribution in [2.45, 2.75) is 32.0 Å². The monoisotopic (exact) mass is 354 g/mol. The summed E-state index contributed by atoms with van der Waals surface area (Å²) in [6.45, 7) is 2.74. The molecule has 0 radical (unpaired) electrons. The van der Waals surface area contributed by atoms with E-state index in [1.54, 1.807) is 17.0 Å². The predicted octanol–water partition coefficient (Wildman–Crippen LogP) is 1.98. The number of amides is 1. The van der Waals surface area contributed by atoms with Crippen LogP contribution in [0.25, 0.3) is 10.9 Å². The summed E-state index contributed by atoms with van der Waals surface area (Å²) < 4.78 is 15.5. The highest BCUT2D eigenvalue weighted by atomic mass is 19.1. The molecular weight excluding hydrogens is 335 g/mol. The number of carbonyl (C=O) groups is 1. The third-order valence-corrected chi connectivity index (χ3v) is 5.26. The number of hydrogen-bond donors (Lipinski definition) is 2. The summed E-state index contributed by atoms with van der Waals surface area (Å²) in [5, 5.41) is 12.9. The molecule has 2 N–H and O–H groups in total. The fourth-order valence-corrected chi connectivity index (χ4v) is 3.90. The number of aromatic amines is 1. The first kappa shape index (κ1) is 15.5. The number of H-pyrrole nitrogens is 1. The topological polar surface area (TPSA) is 78.8 Å². The maximum Gasteiger partial charge on any atom is 0.270 e. The van der Waals surface area contributed by atoms with Crippen LogP contribution in [0.4, 0.5) is 4.39 Å². The van der Waals surface area contributed by atoms with E-state index in [-0.39, 0.29) is 17.8 Å². The van der Waals surface area contributed by atoms with Gasteiger partial charge in [-0.25, -0.2) is 4.39 Å². The maximum absolute atomic E-state index is 13.4. The van der Waals surface area contributed by atoms with Gasteiger partial charge < -0.3 is 19.8 Å². The van der Waals surface area contributed by atoms with Crippen LogP contribution >= 0.6 is 0 Å². The zero-order valence-corrected chi connectivity index (χ0v) is 14.2. The van der Waals surface area contributed by atoms with Crippen LogP contribution in [0.2, 0.25) is 0 Å². The average molecular weight is 354 g/mol. The van der Waals surface area contributed by atoms with Gasteiger partial charge >= 0.3 is 0 Å². The van der Waals surface area contributed by atoms with Crippen LogP contribution in [0, 0.1) is 5.82 Å². The van der Waals surface area contributed by atoms with Crippen molar-refractivity contribution in [2.24, 2.45) is 0 Å². The summed E-state index contributed by atoms with van der Waals surface area (Å²) in [6.07, 6.45) is 2.23. The first-order chi connectivity index (χ1) is 12.7. The number of fused-ring (bicyclic) bond motifs is 2. The van der Waals surface area contributed by atoms with E-state index in [1.165, 1.54) is 12.1 Å². The molecule has 2 aliphatic heterocycles. The van der Waals surface area contributed by atoms with Gasteiger partial charge in [0, 0.05) is 24.0 Å². The second-order valence-electron chi connectivity index (χ2n) is 6.92. The van der Waals surface area contributed by atoms with E-state index >= 15 is 0 Å². The van der Waals surface area contributed by atoms with Crippen LogP contribution in [0.5, 0.6) is 0 Å². The molecule has 134 valence electrons. The van der Waals surface area contributed by atoms with Gasteiger partial charge in [-0.3, -0.25) is 4.79 Å². The Bertz CT molecular complexity index is 987. The van der Waals surface area contributed by atoms with Gasteiger partial charge in [-0.2, -0.15) is 0 Å². The molecule has 26 heavy (non-hydrogen) atoms. The summed E-state index contributed by atoms with van der Waals surface area (Å²) >= 11 is 0. The molecule has 1 fully saturated rings. The zero-order chi connectivity index (χ0) is 17.7. The van der Waals surface area contributed by atoms with Crippen LogP contribution in [0.1, 0.15) is 41.0 Å². The lowest BCUT2D eigenvalue weighted by molar-refractivity contribution is 0.0701. The second kappa shape index (κ2) is 5.91. The second-order valence-corrected chi connectivity index (χ2v) is 6.92. The Kier molecular flexibility index (Phi) is 3.53. The van der Waals surface area contributed by atoms with Crippen molar-refractivity contribution in [2.75, 3.05) is 13.1 Å². The summed E-state index contributed by atoms with van der Waals surface area (Å²) in [4.78, 5) is 17.6. The standard InChI is InChI=1S/C18H19FN6O/c19-12-4-3-11-8-15(21-14(11)9-12)18(26)24-6-7-25-16(10-24)22-23-17(25)13-2-1-5-20-13/h3-4,8-9,13,20-21H,1-2,5-7,10H2/t13-/m0/s1. The number of nitrogens with zero attached hydrogens (tertiary/aromatic N) is 4. The van der Waals surface area contributed by atoms with Gasteiger partial charge in [-0.1, -0.05) is 0 Å². The Balaban J connectivity index is 1.38. The Morgan fingerprint density at radius 1 is 1.23 bits per heavy atom. The van der Waals surface area contributed by atoms with Crippen LogP contribution in [0.3, 0.4) is 0 Å². The lowest BCUT2D eigenvalue weighted by atomic mass is 10.2. The highest BCUT2D eigenvalue weighted by Gasteiger charge is 2.29. The predicted molar refractivity (Wildman–Crippen MR) is 93.0 cm³/mol. The van der Waals surface area contributed by atoms with Gasteiger partial charge in [-0.15, -0.1) is 10.2 Å². The number of carbonyl (C=O) groups excluding carboxylic acids is 1. The Hall–Kier alpha value is -2.74. The van der Waals surface area contributed by atoms with Crippen molar-refractivity contribution < 1.29 is 9.18 Å². The van der Waals surface area contributed by atoms with E-state index in [0.29, 0.717) is 30.8 Å². The molecule has 7 nitrogen and oxygen atoms in total. The SMILES string of the molecule is O=C(c1cc2ccc(F)cc2[nH]1)N1CCn2c(nnc2[C@@H]2CCCN2)C1. The van der Waals surface area contributed by atoms with Crippen LogP contribution < -0.4 is 5.32 Å². The molecule has 0 saturated carbocycles. The molecule has 2 aromatic heterocycles.